The topological polar surface area (TPSA) is 110 Å². The van der Waals surface area contributed by atoms with Crippen molar-refractivity contribution in [3.05, 3.63) is 29.8 Å². The summed E-state index contributed by atoms with van der Waals surface area (Å²) in [5, 5.41) is 0. The second kappa shape index (κ2) is 10.5. The number of sulfonamides is 1. The van der Waals surface area contributed by atoms with Gasteiger partial charge in [-0.1, -0.05) is 31.4 Å². The minimum absolute atomic E-state index is 0.0705. The first-order chi connectivity index (χ1) is 13.7. The first kappa shape index (κ1) is 23.0. The first-order valence-corrected chi connectivity index (χ1v) is 11.3. The highest BCUT2D eigenvalue weighted by Gasteiger charge is 2.25. The average Bonchev–Trinajstić information content (AvgIpc) is 2.65. The molecule has 2 rings (SSSR count). The maximum absolute atomic E-state index is 12.4. The van der Waals surface area contributed by atoms with Crippen LogP contribution in [0.2, 0.25) is 0 Å². The molecule has 0 aromatic heterocycles. The van der Waals surface area contributed by atoms with Gasteiger partial charge in [0.25, 0.3) is 5.91 Å². The maximum atomic E-state index is 12.4. The van der Waals surface area contributed by atoms with Gasteiger partial charge in [0.15, 0.2) is 12.4 Å². The number of benzene rings is 1. The Hall–Kier alpha value is -2.26. The third-order valence-electron chi connectivity index (χ3n) is 4.80. The third kappa shape index (κ3) is 6.93. The van der Waals surface area contributed by atoms with E-state index in [9.17, 15) is 22.8 Å². The molecule has 1 aliphatic rings. The summed E-state index contributed by atoms with van der Waals surface area (Å²) in [5.74, 6) is -1.27. The van der Waals surface area contributed by atoms with Crippen molar-refractivity contribution in [2.24, 2.45) is 0 Å². The number of esters is 1. The van der Waals surface area contributed by atoms with Gasteiger partial charge in [0.1, 0.15) is 6.04 Å². The molecule has 1 aromatic carbocycles. The lowest BCUT2D eigenvalue weighted by molar-refractivity contribution is -0.153. The van der Waals surface area contributed by atoms with Crippen LogP contribution in [0.15, 0.2) is 29.2 Å². The van der Waals surface area contributed by atoms with Crippen molar-refractivity contribution in [2.75, 3.05) is 19.7 Å². The normalized spacial score (nSPS) is 16.4. The summed E-state index contributed by atoms with van der Waals surface area (Å²) in [4.78, 5) is 37.3. The Morgan fingerprint density at radius 2 is 1.59 bits per heavy atom. The monoisotopic (exact) mass is 424 g/mol. The Kier molecular flexibility index (Phi) is 8.33. The number of nitrogens with zero attached hydrogens (tertiary/aromatic N) is 1. The van der Waals surface area contributed by atoms with Crippen molar-refractivity contribution >= 4 is 27.7 Å². The van der Waals surface area contributed by atoms with E-state index in [2.05, 4.69) is 4.72 Å². The van der Waals surface area contributed by atoms with Crippen LogP contribution in [0.25, 0.3) is 0 Å². The van der Waals surface area contributed by atoms with E-state index < -0.39 is 28.6 Å². The molecule has 0 saturated carbocycles. The molecule has 1 amide bonds. The molecule has 0 spiro atoms. The number of carbonyl (C=O) groups excluding carboxylic acids is 3. The fourth-order valence-corrected chi connectivity index (χ4v) is 4.26. The van der Waals surface area contributed by atoms with Crippen molar-refractivity contribution in [1.82, 2.24) is 9.62 Å². The van der Waals surface area contributed by atoms with Gasteiger partial charge in [-0.05, 0) is 38.8 Å². The van der Waals surface area contributed by atoms with Crippen LogP contribution in [-0.4, -0.2) is 56.7 Å². The molecule has 1 aromatic rings. The molecule has 29 heavy (non-hydrogen) atoms. The van der Waals surface area contributed by atoms with Crippen LogP contribution in [-0.2, 0) is 24.3 Å². The average molecular weight is 425 g/mol. The summed E-state index contributed by atoms with van der Waals surface area (Å²) in [6, 6.07) is 4.24. The summed E-state index contributed by atoms with van der Waals surface area (Å²) in [6.07, 6.45) is 5.19. The lowest BCUT2D eigenvalue weighted by atomic mass is 10.1. The summed E-state index contributed by atoms with van der Waals surface area (Å²) >= 11 is 0. The fraction of sp³-hybridized carbons (Fsp3) is 0.550. The van der Waals surface area contributed by atoms with Crippen molar-refractivity contribution in [1.29, 1.82) is 0 Å². The molecule has 8 nitrogen and oxygen atoms in total. The van der Waals surface area contributed by atoms with Crippen LogP contribution in [0, 0.1) is 0 Å². The SMILES string of the molecule is CC(=O)c1ccc(S(=O)(=O)N[C@@H](C)C(=O)OCC(=O)N2CCCCCCC2)cc1. The van der Waals surface area contributed by atoms with E-state index >= 15 is 0 Å². The number of ketones is 1. The number of hydrogen-bond acceptors (Lipinski definition) is 6. The Morgan fingerprint density at radius 1 is 1.03 bits per heavy atom. The Morgan fingerprint density at radius 3 is 2.14 bits per heavy atom. The van der Waals surface area contributed by atoms with E-state index in [1.165, 1.54) is 44.5 Å². The van der Waals surface area contributed by atoms with E-state index in [-0.39, 0.29) is 16.6 Å². The van der Waals surface area contributed by atoms with Gasteiger partial charge in [0, 0.05) is 18.7 Å². The zero-order valence-corrected chi connectivity index (χ0v) is 17.7. The molecular weight excluding hydrogens is 396 g/mol. The molecule has 1 N–H and O–H groups in total. The molecule has 9 heteroatoms. The highest BCUT2D eigenvalue weighted by molar-refractivity contribution is 7.89. The summed E-state index contributed by atoms with van der Waals surface area (Å²) < 4.78 is 32.1. The second-order valence-electron chi connectivity index (χ2n) is 7.18. The van der Waals surface area contributed by atoms with Gasteiger partial charge in [-0.2, -0.15) is 4.72 Å². The zero-order chi connectivity index (χ0) is 21.4. The molecule has 1 heterocycles. The first-order valence-electron chi connectivity index (χ1n) is 9.78. The molecule has 0 unspecified atom stereocenters. The summed E-state index contributed by atoms with van der Waals surface area (Å²) in [7, 11) is -3.97. The van der Waals surface area contributed by atoms with E-state index in [4.69, 9.17) is 4.74 Å². The van der Waals surface area contributed by atoms with E-state index in [0.29, 0.717) is 18.7 Å². The lowest BCUT2D eigenvalue weighted by Crippen LogP contribution is -2.42. The predicted octanol–water partition coefficient (Wildman–Crippen LogP) is 1.89. The number of carbonyl (C=O) groups is 3. The highest BCUT2D eigenvalue weighted by atomic mass is 32.2. The van der Waals surface area contributed by atoms with Crippen LogP contribution in [0.5, 0.6) is 0 Å². The van der Waals surface area contributed by atoms with Crippen molar-refractivity contribution in [3.63, 3.8) is 0 Å². The molecular formula is C20H28N2O6S. The van der Waals surface area contributed by atoms with E-state index in [1.807, 2.05) is 0 Å². The van der Waals surface area contributed by atoms with Gasteiger partial charge in [0.2, 0.25) is 10.0 Å². The number of nitrogens with one attached hydrogen (secondary N) is 1. The summed E-state index contributed by atoms with van der Waals surface area (Å²) in [5.41, 5.74) is 0.388. The molecule has 1 atom stereocenters. The standard InChI is InChI=1S/C20H28N2O6S/c1-15(21-29(26,27)18-10-8-17(9-11-18)16(2)23)20(25)28-14-19(24)22-12-6-4-3-5-7-13-22/h8-11,15,21H,3-7,12-14H2,1-2H3/t15-/m0/s1. The van der Waals surface area contributed by atoms with Crippen LogP contribution >= 0.6 is 0 Å². The molecule has 1 fully saturated rings. The Balaban J connectivity index is 1.88. The Labute approximate surface area is 171 Å². The molecule has 160 valence electrons. The number of Topliss-reactive ketones (excluding diaryl/α,β-unsaturated/α-hetero) is 1. The molecule has 0 bridgehead atoms. The summed E-state index contributed by atoms with van der Waals surface area (Å²) in [6.45, 7) is 3.63. The number of rotatable bonds is 7. The lowest BCUT2D eigenvalue weighted by Gasteiger charge is -2.24. The van der Waals surface area contributed by atoms with E-state index in [0.717, 1.165) is 25.7 Å². The zero-order valence-electron chi connectivity index (χ0n) is 16.8. The van der Waals surface area contributed by atoms with Crippen LogP contribution in [0.3, 0.4) is 0 Å². The number of likely N-dealkylation sites (tertiary alicyclic amines) is 1. The van der Waals surface area contributed by atoms with Gasteiger partial charge in [-0.25, -0.2) is 8.42 Å². The number of amides is 1. The van der Waals surface area contributed by atoms with Gasteiger partial charge in [0.05, 0.1) is 4.90 Å². The highest BCUT2D eigenvalue weighted by Crippen LogP contribution is 2.13. The van der Waals surface area contributed by atoms with Crippen molar-refractivity contribution in [3.8, 4) is 0 Å². The Bertz CT molecular complexity index is 827. The van der Waals surface area contributed by atoms with Crippen LogP contribution in [0.4, 0.5) is 0 Å². The molecule has 1 aliphatic heterocycles. The second-order valence-corrected chi connectivity index (χ2v) is 8.89. The fourth-order valence-electron chi connectivity index (χ4n) is 3.06. The van der Waals surface area contributed by atoms with Crippen molar-refractivity contribution in [2.45, 2.75) is 56.9 Å². The smallest absolute Gasteiger partial charge is 0.324 e. The predicted molar refractivity (Wildman–Crippen MR) is 107 cm³/mol. The van der Waals surface area contributed by atoms with Gasteiger partial charge in [-0.15, -0.1) is 0 Å². The van der Waals surface area contributed by atoms with Gasteiger partial charge >= 0.3 is 5.97 Å². The minimum Gasteiger partial charge on any atom is -0.454 e. The quantitative estimate of drug-likeness (QED) is 0.529. The largest absolute Gasteiger partial charge is 0.454 e. The number of ether oxygens (including phenoxy) is 1. The van der Waals surface area contributed by atoms with Gasteiger partial charge < -0.3 is 9.64 Å². The van der Waals surface area contributed by atoms with Gasteiger partial charge in [-0.3, -0.25) is 14.4 Å². The molecule has 0 radical (unpaired) electrons. The van der Waals surface area contributed by atoms with Crippen LogP contribution < -0.4 is 4.72 Å². The molecule has 0 aliphatic carbocycles. The van der Waals surface area contributed by atoms with Crippen LogP contribution in [0.1, 0.15) is 56.3 Å². The minimum atomic E-state index is -3.97. The third-order valence-corrected chi connectivity index (χ3v) is 6.36. The maximum Gasteiger partial charge on any atom is 0.324 e. The van der Waals surface area contributed by atoms with Crippen molar-refractivity contribution < 1.29 is 27.5 Å². The molecule has 1 saturated heterocycles. The number of hydrogen-bond donors (Lipinski definition) is 1. The van der Waals surface area contributed by atoms with E-state index in [1.54, 1.807) is 4.90 Å².